The van der Waals surface area contributed by atoms with Gasteiger partial charge >= 0.3 is 0 Å². The number of methoxy groups -OCH3 is 1. The van der Waals surface area contributed by atoms with Crippen LogP contribution in [0, 0.1) is 5.41 Å². The standard InChI is InChI=1S/C19H30N2O4/c1-6-24-16-13-19(20,18(16,2)3)17(22)21(4)11-12-25-15-9-7-14(23-5)8-10-15/h7-10,16H,6,11-13,20H2,1-5H3. The fraction of sp³-hybridized carbons (Fsp3) is 0.632. The number of amides is 1. The summed E-state index contributed by atoms with van der Waals surface area (Å²) < 4.78 is 16.5. The zero-order valence-electron chi connectivity index (χ0n) is 15.9. The van der Waals surface area contributed by atoms with Crippen molar-refractivity contribution in [2.45, 2.75) is 38.8 Å². The van der Waals surface area contributed by atoms with Crippen LogP contribution < -0.4 is 15.2 Å². The second-order valence-electron chi connectivity index (χ2n) is 7.09. The van der Waals surface area contributed by atoms with Crippen LogP contribution in [-0.2, 0) is 9.53 Å². The number of ether oxygens (including phenoxy) is 3. The minimum atomic E-state index is -0.887. The summed E-state index contributed by atoms with van der Waals surface area (Å²) in [7, 11) is 3.38. The number of carbonyl (C=O) groups is 1. The molecular formula is C19H30N2O4. The van der Waals surface area contributed by atoms with Gasteiger partial charge in [0, 0.05) is 25.5 Å². The highest BCUT2D eigenvalue weighted by molar-refractivity contribution is 5.88. The van der Waals surface area contributed by atoms with Crippen molar-refractivity contribution in [3.8, 4) is 11.5 Å². The zero-order chi connectivity index (χ0) is 18.7. The molecule has 0 aromatic heterocycles. The predicted molar refractivity (Wildman–Crippen MR) is 96.9 cm³/mol. The van der Waals surface area contributed by atoms with Crippen molar-refractivity contribution in [3.05, 3.63) is 24.3 Å². The number of carbonyl (C=O) groups excluding carboxylic acids is 1. The van der Waals surface area contributed by atoms with Crippen molar-refractivity contribution in [2.75, 3.05) is 33.9 Å². The largest absolute Gasteiger partial charge is 0.497 e. The van der Waals surface area contributed by atoms with Crippen molar-refractivity contribution in [1.29, 1.82) is 0 Å². The Kier molecular flexibility index (Phi) is 5.95. The molecule has 1 amide bonds. The van der Waals surface area contributed by atoms with Crippen LogP contribution in [0.15, 0.2) is 24.3 Å². The molecule has 2 rings (SSSR count). The molecule has 2 N–H and O–H groups in total. The van der Waals surface area contributed by atoms with Gasteiger partial charge in [-0.1, -0.05) is 13.8 Å². The van der Waals surface area contributed by atoms with Crippen molar-refractivity contribution in [1.82, 2.24) is 4.90 Å². The molecule has 0 spiro atoms. The lowest BCUT2D eigenvalue weighted by Gasteiger charge is -2.58. The van der Waals surface area contributed by atoms with Gasteiger partial charge in [-0.05, 0) is 31.2 Å². The Hall–Kier alpha value is -1.79. The lowest BCUT2D eigenvalue weighted by Crippen LogP contribution is -2.75. The Morgan fingerprint density at radius 2 is 1.88 bits per heavy atom. The molecule has 1 aliphatic carbocycles. The van der Waals surface area contributed by atoms with E-state index in [1.807, 2.05) is 45.0 Å². The molecule has 1 aromatic carbocycles. The molecule has 25 heavy (non-hydrogen) atoms. The molecule has 2 unspecified atom stereocenters. The molecule has 6 heteroatoms. The van der Waals surface area contributed by atoms with Gasteiger partial charge in [-0.25, -0.2) is 0 Å². The number of hydrogen-bond acceptors (Lipinski definition) is 5. The van der Waals surface area contributed by atoms with Crippen LogP contribution in [0.25, 0.3) is 0 Å². The molecule has 0 saturated heterocycles. The lowest BCUT2D eigenvalue weighted by molar-refractivity contribution is -0.178. The van der Waals surface area contributed by atoms with Gasteiger partial charge in [-0.3, -0.25) is 4.79 Å². The quantitative estimate of drug-likeness (QED) is 0.777. The smallest absolute Gasteiger partial charge is 0.243 e. The van der Waals surface area contributed by atoms with Gasteiger partial charge in [0.05, 0.1) is 19.8 Å². The maximum atomic E-state index is 12.8. The van der Waals surface area contributed by atoms with E-state index in [4.69, 9.17) is 19.9 Å². The summed E-state index contributed by atoms with van der Waals surface area (Å²) in [5, 5.41) is 0. The van der Waals surface area contributed by atoms with Gasteiger partial charge in [0.2, 0.25) is 5.91 Å². The van der Waals surface area contributed by atoms with Gasteiger partial charge in [0.15, 0.2) is 0 Å². The summed E-state index contributed by atoms with van der Waals surface area (Å²) in [6.07, 6.45) is 0.575. The lowest BCUT2D eigenvalue weighted by atomic mass is 9.54. The summed E-state index contributed by atoms with van der Waals surface area (Å²) >= 11 is 0. The minimum Gasteiger partial charge on any atom is -0.497 e. The second-order valence-corrected chi connectivity index (χ2v) is 7.09. The molecule has 0 radical (unpaired) electrons. The Labute approximate surface area is 150 Å². The molecule has 2 atom stereocenters. The minimum absolute atomic E-state index is 0.0235. The van der Waals surface area contributed by atoms with Crippen molar-refractivity contribution >= 4 is 5.91 Å². The van der Waals surface area contributed by atoms with Gasteiger partial charge < -0.3 is 24.8 Å². The summed E-state index contributed by atoms with van der Waals surface area (Å²) in [6.45, 7) is 7.45. The van der Waals surface area contributed by atoms with E-state index < -0.39 is 5.54 Å². The average molecular weight is 350 g/mol. The number of nitrogens with two attached hydrogens (primary N) is 1. The summed E-state index contributed by atoms with van der Waals surface area (Å²) in [4.78, 5) is 14.5. The summed E-state index contributed by atoms with van der Waals surface area (Å²) in [5.74, 6) is 1.46. The van der Waals surface area contributed by atoms with Crippen molar-refractivity contribution < 1.29 is 19.0 Å². The number of nitrogens with zero attached hydrogens (tertiary/aromatic N) is 1. The van der Waals surface area contributed by atoms with Crippen LogP contribution in [0.4, 0.5) is 0 Å². The number of rotatable bonds is 8. The van der Waals surface area contributed by atoms with E-state index in [0.717, 1.165) is 11.5 Å². The van der Waals surface area contributed by atoms with E-state index >= 15 is 0 Å². The van der Waals surface area contributed by atoms with Gasteiger partial charge in [0.1, 0.15) is 23.6 Å². The molecule has 0 bridgehead atoms. The first-order valence-electron chi connectivity index (χ1n) is 8.69. The molecule has 6 nitrogen and oxygen atoms in total. The van der Waals surface area contributed by atoms with E-state index in [2.05, 4.69) is 0 Å². The van der Waals surface area contributed by atoms with Crippen LogP contribution in [-0.4, -0.2) is 56.4 Å². The molecule has 1 fully saturated rings. The first-order valence-corrected chi connectivity index (χ1v) is 8.69. The molecule has 1 aromatic rings. The van der Waals surface area contributed by atoms with Crippen LogP contribution in [0.1, 0.15) is 27.2 Å². The van der Waals surface area contributed by atoms with Crippen LogP contribution in [0.5, 0.6) is 11.5 Å². The highest BCUT2D eigenvalue weighted by Gasteiger charge is 2.63. The Morgan fingerprint density at radius 3 is 2.40 bits per heavy atom. The van der Waals surface area contributed by atoms with Gasteiger partial charge in [0.25, 0.3) is 0 Å². The van der Waals surface area contributed by atoms with Crippen LogP contribution in [0.3, 0.4) is 0 Å². The second kappa shape index (κ2) is 7.62. The third kappa shape index (κ3) is 3.75. The first kappa shape index (κ1) is 19.5. The molecule has 0 heterocycles. The van der Waals surface area contributed by atoms with E-state index in [1.54, 1.807) is 19.1 Å². The number of benzene rings is 1. The van der Waals surface area contributed by atoms with E-state index in [0.29, 0.717) is 26.2 Å². The monoisotopic (exact) mass is 350 g/mol. The number of hydrogen-bond donors (Lipinski definition) is 1. The third-order valence-corrected chi connectivity index (χ3v) is 5.31. The molecule has 0 aliphatic heterocycles. The van der Waals surface area contributed by atoms with Gasteiger partial charge in [-0.15, -0.1) is 0 Å². The zero-order valence-corrected chi connectivity index (χ0v) is 15.9. The van der Waals surface area contributed by atoms with E-state index in [-0.39, 0.29) is 17.4 Å². The Bertz CT molecular complexity index is 588. The third-order valence-electron chi connectivity index (χ3n) is 5.31. The number of likely N-dealkylation sites (N-methyl/N-ethyl adjacent to an activating group) is 1. The van der Waals surface area contributed by atoms with Gasteiger partial charge in [-0.2, -0.15) is 0 Å². The van der Waals surface area contributed by atoms with Crippen LogP contribution >= 0.6 is 0 Å². The van der Waals surface area contributed by atoms with Crippen molar-refractivity contribution in [2.24, 2.45) is 11.1 Å². The maximum Gasteiger partial charge on any atom is 0.243 e. The summed E-state index contributed by atoms with van der Waals surface area (Å²) in [5.41, 5.74) is 5.16. The molecule has 140 valence electrons. The highest BCUT2D eigenvalue weighted by atomic mass is 16.5. The Balaban J connectivity index is 1.86. The average Bonchev–Trinajstić information content (AvgIpc) is 2.61. The summed E-state index contributed by atoms with van der Waals surface area (Å²) in [6, 6.07) is 7.35. The Morgan fingerprint density at radius 1 is 1.28 bits per heavy atom. The van der Waals surface area contributed by atoms with Crippen LogP contribution in [0.2, 0.25) is 0 Å². The fourth-order valence-corrected chi connectivity index (χ4v) is 3.21. The highest BCUT2D eigenvalue weighted by Crippen LogP contribution is 2.50. The normalized spacial score (nSPS) is 24.3. The predicted octanol–water partition coefficient (Wildman–Crippen LogP) is 2.06. The maximum absolute atomic E-state index is 12.8. The topological polar surface area (TPSA) is 74.0 Å². The molecule has 1 saturated carbocycles. The fourth-order valence-electron chi connectivity index (χ4n) is 3.21. The molecular weight excluding hydrogens is 320 g/mol. The van der Waals surface area contributed by atoms with E-state index in [1.165, 1.54) is 0 Å². The first-order chi connectivity index (χ1) is 11.8. The molecule has 1 aliphatic rings. The SMILES string of the molecule is CCOC1CC(N)(C(=O)N(C)CCOc2ccc(OC)cc2)C1(C)C. The van der Waals surface area contributed by atoms with Crippen molar-refractivity contribution in [3.63, 3.8) is 0 Å². The van der Waals surface area contributed by atoms with E-state index in [9.17, 15) is 4.79 Å².